The zero-order valence-corrected chi connectivity index (χ0v) is 9.68. The standard InChI is InChI=1S/C11H11N3O2S/c12-11-7-8(5-6-14-11)9-3-1-2-4-10(9)17(13,15)16/h1-7H,(H2,12,14)(H2,13,15,16). The molecule has 6 heteroatoms. The number of pyridine rings is 1. The summed E-state index contributed by atoms with van der Waals surface area (Å²) in [5.74, 6) is 0.326. The molecule has 2 rings (SSSR count). The van der Waals surface area contributed by atoms with Crippen LogP contribution in [0, 0.1) is 0 Å². The first-order chi connectivity index (χ1) is 7.98. The summed E-state index contributed by atoms with van der Waals surface area (Å²) in [5.41, 5.74) is 6.75. The second-order valence-electron chi connectivity index (χ2n) is 3.51. The molecule has 0 spiro atoms. The van der Waals surface area contributed by atoms with Gasteiger partial charge >= 0.3 is 0 Å². The molecule has 0 saturated carbocycles. The molecule has 0 saturated heterocycles. The molecule has 0 fully saturated rings. The molecule has 0 unspecified atom stereocenters. The Labute approximate surface area is 99.1 Å². The van der Waals surface area contributed by atoms with Gasteiger partial charge in [-0.25, -0.2) is 18.5 Å². The van der Waals surface area contributed by atoms with Crippen molar-refractivity contribution in [1.29, 1.82) is 0 Å². The highest BCUT2D eigenvalue weighted by molar-refractivity contribution is 7.89. The number of nitrogens with two attached hydrogens (primary N) is 2. The van der Waals surface area contributed by atoms with Crippen molar-refractivity contribution in [1.82, 2.24) is 4.98 Å². The molecule has 0 radical (unpaired) electrons. The van der Waals surface area contributed by atoms with Crippen LogP contribution in [0.5, 0.6) is 0 Å². The lowest BCUT2D eigenvalue weighted by atomic mass is 10.1. The largest absolute Gasteiger partial charge is 0.384 e. The first-order valence-electron chi connectivity index (χ1n) is 4.82. The van der Waals surface area contributed by atoms with Gasteiger partial charge in [0.2, 0.25) is 10.0 Å². The van der Waals surface area contributed by atoms with E-state index in [1.54, 1.807) is 30.3 Å². The average Bonchev–Trinajstić information content (AvgIpc) is 2.28. The van der Waals surface area contributed by atoms with E-state index in [4.69, 9.17) is 10.9 Å². The first-order valence-corrected chi connectivity index (χ1v) is 6.37. The van der Waals surface area contributed by atoms with Crippen LogP contribution in [-0.2, 0) is 10.0 Å². The number of primary sulfonamides is 1. The molecule has 0 aliphatic rings. The third kappa shape index (κ3) is 2.43. The van der Waals surface area contributed by atoms with Crippen LogP contribution in [0.15, 0.2) is 47.5 Å². The number of aromatic nitrogens is 1. The van der Waals surface area contributed by atoms with E-state index in [9.17, 15) is 8.42 Å². The first kappa shape index (κ1) is 11.6. The number of hydrogen-bond acceptors (Lipinski definition) is 4. The third-order valence-corrected chi connectivity index (χ3v) is 3.25. The Bertz CT molecular complexity index is 653. The van der Waals surface area contributed by atoms with Crippen LogP contribution in [0.4, 0.5) is 5.82 Å². The van der Waals surface area contributed by atoms with Gasteiger partial charge in [0, 0.05) is 11.8 Å². The molecule has 5 nitrogen and oxygen atoms in total. The predicted molar refractivity (Wildman–Crippen MR) is 65.5 cm³/mol. The summed E-state index contributed by atoms with van der Waals surface area (Å²) < 4.78 is 22.9. The summed E-state index contributed by atoms with van der Waals surface area (Å²) in [4.78, 5) is 3.93. The van der Waals surface area contributed by atoms with Crippen molar-refractivity contribution < 1.29 is 8.42 Å². The Morgan fingerprint density at radius 1 is 1.12 bits per heavy atom. The van der Waals surface area contributed by atoms with Crippen LogP contribution < -0.4 is 10.9 Å². The monoisotopic (exact) mass is 249 g/mol. The quantitative estimate of drug-likeness (QED) is 0.828. The second kappa shape index (κ2) is 4.15. The van der Waals surface area contributed by atoms with Gasteiger partial charge in [-0.2, -0.15) is 0 Å². The van der Waals surface area contributed by atoms with E-state index in [2.05, 4.69) is 4.98 Å². The second-order valence-corrected chi connectivity index (χ2v) is 5.04. The highest BCUT2D eigenvalue weighted by atomic mass is 32.2. The Morgan fingerprint density at radius 2 is 1.82 bits per heavy atom. The minimum Gasteiger partial charge on any atom is -0.384 e. The Kier molecular flexibility index (Phi) is 2.83. The molecule has 0 atom stereocenters. The number of rotatable bonds is 2. The number of nitrogen functional groups attached to an aromatic ring is 1. The molecule has 88 valence electrons. The van der Waals surface area contributed by atoms with E-state index >= 15 is 0 Å². The van der Waals surface area contributed by atoms with Crippen LogP contribution in [0.2, 0.25) is 0 Å². The number of hydrogen-bond donors (Lipinski definition) is 2. The fraction of sp³-hybridized carbons (Fsp3) is 0. The maximum absolute atomic E-state index is 11.4. The smallest absolute Gasteiger partial charge is 0.238 e. The maximum Gasteiger partial charge on any atom is 0.238 e. The summed E-state index contributed by atoms with van der Waals surface area (Å²) in [7, 11) is -3.76. The van der Waals surface area contributed by atoms with Gasteiger partial charge in [0.05, 0.1) is 4.90 Å². The molecule has 0 amide bonds. The van der Waals surface area contributed by atoms with Crippen LogP contribution >= 0.6 is 0 Å². The number of sulfonamides is 1. The Morgan fingerprint density at radius 3 is 2.47 bits per heavy atom. The molecule has 1 heterocycles. The molecule has 0 aliphatic carbocycles. The zero-order valence-electron chi connectivity index (χ0n) is 8.87. The molecular weight excluding hydrogens is 238 g/mol. The van der Waals surface area contributed by atoms with Crippen molar-refractivity contribution in [2.24, 2.45) is 5.14 Å². The Hall–Kier alpha value is -1.92. The van der Waals surface area contributed by atoms with Crippen LogP contribution in [-0.4, -0.2) is 13.4 Å². The summed E-state index contributed by atoms with van der Waals surface area (Å²) >= 11 is 0. The molecule has 4 N–H and O–H groups in total. The highest BCUT2D eigenvalue weighted by Gasteiger charge is 2.14. The van der Waals surface area contributed by atoms with Gasteiger partial charge in [0.25, 0.3) is 0 Å². The molecule has 0 bridgehead atoms. The number of anilines is 1. The van der Waals surface area contributed by atoms with Crippen LogP contribution in [0.25, 0.3) is 11.1 Å². The van der Waals surface area contributed by atoms with Crippen molar-refractivity contribution in [2.75, 3.05) is 5.73 Å². The lowest BCUT2D eigenvalue weighted by Gasteiger charge is -2.07. The molecule has 17 heavy (non-hydrogen) atoms. The van der Waals surface area contributed by atoms with Gasteiger partial charge in [0.15, 0.2) is 0 Å². The van der Waals surface area contributed by atoms with Crippen molar-refractivity contribution in [3.63, 3.8) is 0 Å². The van der Waals surface area contributed by atoms with Gasteiger partial charge < -0.3 is 5.73 Å². The van der Waals surface area contributed by atoms with E-state index in [0.29, 0.717) is 16.9 Å². The van der Waals surface area contributed by atoms with E-state index in [0.717, 1.165) is 0 Å². The van der Waals surface area contributed by atoms with Crippen LogP contribution in [0.3, 0.4) is 0 Å². The van der Waals surface area contributed by atoms with Crippen molar-refractivity contribution in [3.8, 4) is 11.1 Å². The number of benzene rings is 1. The average molecular weight is 249 g/mol. The summed E-state index contributed by atoms with van der Waals surface area (Å²) in [6.45, 7) is 0. The van der Waals surface area contributed by atoms with Gasteiger partial charge in [-0.15, -0.1) is 0 Å². The fourth-order valence-electron chi connectivity index (χ4n) is 1.57. The predicted octanol–water partition coefficient (Wildman–Crippen LogP) is 0.978. The molecule has 1 aromatic heterocycles. The third-order valence-electron chi connectivity index (χ3n) is 2.29. The lowest BCUT2D eigenvalue weighted by Crippen LogP contribution is -2.13. The maximum atomic E-state index is 11.4. The highest BCUT2D eigenvalue weighted by Crippen LogP contribution is 2.26. The summed E-state index contributed by atoms with van der Waals surface area (Å²) in [5, 5.41) is 5.16. The normalized spacial score (nSPS) is 11.4. The topological polar surface area (TPSA) is 99.1 Å². The molecule has 0 aliphatic heterocycles. The van der Waals surface area contributed by atoms with Crippen molar-refractivity contribution in [2.45, 2.75) is 4.90 Å². The van der Waals surface area contributed by atoms with Gasteiger partial charge in [-0.1, -0.05) is 18.2 Å². The van der Waals surface area contributed by atoms with Gasteiger partial charge in [-0.05, 0) is 23.8 Å². The van der Waals surface area contributed by atoms with Crippen molar-refractivity contribution >= 4 is 15.8 Å². The van der Waals surface area contributed by atoms with Crippen molar-refractivity contribution in [3.05, 3.63) is 42.6 Å². The summed E-state index contributed by atoms with van der Waals surface area (Å²) in [6, 6.07) is 9.77. The molecule has 1 aromatic carbocycles. The SMILES string of the molecule is Nc1cc(-c2ccccc2S(N)(=O)=O)ccn1. The van der Waals surface area contributed by atoms with Gasteiger partial charge in [-0.3, -0.25) is 0 Å². The minimum atomic E-state index is -3.76. The van der Waals surface area contributed by atoms with E-state index in [1.165, 1.54) is 12.3 Å². The fourth-order valence-corrected chi connectivity index (χ4v) is 2.33. The minimum absolute atomic E-state index is 0.0746. The molecular formula is C11H11N3O2S. The van der Waals surface area contributed by atoms with E-state index in [1.807, 2.05) is 0 Å². The molecule has 2 aromatic rings. The van der Waals surface area contributed by atoms with E-state index < -0.39 is 10.0 Å². The Balaban J connectivity index is 2.69. The zero-order chi connectivity index (χ0) is 12.5. The van der Waals surface area contributed by atoms with Crippen LogP contribution in [0.1, 0.15) is 0 Å². The lowest BCUT2D eigenvalue weighted by molar-refractivity contribution is 0.598. The van der Waals surface area contributed by atoms with Gasteiger partial charge in [0.1, 0.15) is 5.82 Å². The van der Waals surface area contributed by atoms with E-state index in [-0.39, 0.29) is 4.90 Å². The summed E-state index contributed by atoms with van der Waals surface area (Å²) in [6.07, 6.45) is 1.52. The number of nitrogens with zero attached hydrogens (tertiary/aromatic N) is 1.